The molecule has 0 spiro atoms. The average Bonchev–Trinajstić information content (AvgIpc) is 2.46. The highest BCUT2D eigenvalue weighted by Crippen LogP contribution is 2.19. The number of morpholine rings is 1. The highest BCUT2D eigenvalue weighted by molar-refractivity contribution is 5.94. The Morgan fingerprint density at radius 3 is 2.90 bits per heavy atom. The van der Waals surface area contributed by atoms with Gasteiger partial charge in [-0.05, 0) is 12.1 Å². The van der Waals surface area contributed by atoms with Gasteiger partial charge in [0.15, 0.2) is 0 Å². The SMILES string of the molecule is COc1ccc(C(=O)N2CCOC(CC(=O)O)C2)c(F)c1. The second-order valence-electron chi connectivity index (χ2n) is 4.69. The van der Waals surface area contributed by atoms with E-state index in [2.05, 4.69) is 0 Å². The number of halogens is 1. The van der Waals surface area contributed by atoms with Gasteiger partial charge < -0.3 is 19.5 Å². The normalized spacial score (nSPS) is 18.4. The van der Waals surface area contributed by atoms with Crippen molar-refractivity contribution >= 4 is 11.9 Å². The summed E-state index contributed by atoms with van der Waals surface area (Å²) >= 11 is 0. The topological polar surface area (TPSA) is 76.1 Å². The molecule has 7 heteroatoms. The van der Waals surface area contributed by atoms with Crippen molar-refractivity contribution in [3.63, 3.8) is 0 Å². The van der Waals surface area contributed by atoms with E-state index < -0.39 is 23.8 Å². The molecule has 1 unspecified atom stereocenters. The summed E-state index contributed by atoms with van der Waals surface area (Å²) < 4.78 is 24.1. The lowest BCUT2D eigenvalue weighted by Crippen LogP contribution is -2.46. The number of carboxylic acid groups (broad SMARTS) is 1. The van der Waals surface area contributed by atoms with Crippen LogP contribution in [0.1, 0.15) is 16.8 Å². The molecule has 0 radical (unpaired) electrons. The number of amides is 1. The third kappa shape index (κ3) is 3.69. The Labute approximate surface area is 121 Å². The van der Waals surface area contributed by atoms with Gasteiger partial charge in [-0.1, -0.05) is 0 Å². The highest BCUT2D eigenvalue weighted by atomic mass is 19.1. The third-order valence-electron chi connectivity index (χ3n) is 3.23. The van der Waals surface area contributed by atoms with Crippen LogP contribution in [0, 0.1) is 5.82 Å². The molecule has 1 saturated heterocycles. The van der Waals surface area contributed by atoms with Crippen molar-refractivity contribution in [1.29, 1.82) is 0 Å². The molecule has 1 aromatic rings. The Balaban J connectivity index is 2.10. The van der Waals surface area contributed by atoms with Crippen LogP contribution in [0.5, 0.6) is 5.75 Å². The Bertz CT molecular complexity index is 548. The van der Waals surface area contributed by atoms with Gasteiger partial charge in [0.2, 0.25) is 0 Å². The molecule has 0 bridgehead atoms. The highest BCUT2D eigenvalue weighted by Gasteiger charge is 2.27. The summed E-state index contributed by atoms with van der Waals surface area (Å²) in [5.74, 6) is -1.81. The second-order valence-corrected chi connectivity index (χ2v) is 4.69. The van der Waals surface area contributed by atoms with E-state index in [1.54, 1.807) is 0 Å². The monoisotopic (exact) mass is 297 g/mol. The lowest BCUT2D eigenvalue weighted by atomic mass is 10.1. The Morgan fingerprint density at radius 1 is 1.52 bits per heavy atom. The number of methoxy groups -OCH3 is 1. The number of benzene rings is 1. The van der Waals surface area contributed by atoms with Crippen molar-refractivity contribution in [2.45, 2.75) is 12.5 Å². The number of hydrogen-bond donors (Lipinski definition) is 1. The van der Waals surface area contributed by atoms with Gasteiger partial charge in [-0.3, -0.25) is 9.59 Å². The zero-order valence-corrected chi connectivity index (χ0v) is 11.5. The van der Waals surface area contributed by atoms with Crippen molar-refractivity contribution in [3.8, 4) is 5.75 Å². The van der Waals surface area contributed by atoms with Crippen LogP contribution in [-0.4, -0.2) is 54.8 Å². The maximum atomic E-state index is 13.9. The molecule has 0 aromatic heterocycles. The summed E-state index contributed by atoms with van der Waals surface area (Å²) in [6.45, 7) is 0.679. The molecule has 2 rings (SSSR count). The smallest absolute Gasteiger partial charge is 0.306 e. The number of aliphatic carboxylic acids is 1. The zero-order valence-electron chi connectivity index (χ0n) is 11.5. The molecule has 1 aromatic carbocycles. The summed E-state index contributed by atoms with van der Waals surface area (Å²) in [6.07, 6.45) is -0.754. The molecule has 114 valence electrons. The van der Waals surface area contributed by atoms with Crippen molar-refractivity contribution in [1.82, 2.24) is 4.90 Å². The van der Waals surface area contributed by atoms with E-state index in [-0.39, 0.29) is 25.1 Å². The van der Waals surface area contributed by atoms with Crippen LogP contribution in [-0.2, 0) is 9.53 Å². The summed E-state index contributed by atoms with van der Waals surface area (Å²) in [7, 11) is 1.41. The quantitative estimate of drug-likeness (QED) is 0.902. The number of carbonyl (C=O) groups is 2. The minimum atomic E-state index is -0.995. The number of carbonyl (C=O) groups excluding carboxylic acids is 1. The first-order valence-electron chi connectivity index (χ1n) is 6.47. The van der Waals surface area contributed by atoms with Crippen LogP contribution < -0.4 is 4.74 Å². The zero-order chi connectivity index (χ0) is 15.4. The molecule has 21 heavy (non-hydrogen) atoms. The van der Waals surface area contributed by atoms with Crippen LogP contribution in [0.3, 0.4) is 0 Å². The number of ether oxygens (including phenoxy) is 2. The van der Waals surface area contributed by atoms with Crippen LogP contribution in [0.15, 0.2) is 18.2 Å². The van der Waals surface area contributed by atoms with E-state index in [9.17, 15) is 14.0 Å². The molecule has 1 atom stereocenters. The molecule has 1 aliphatic heterocycles. The summed E-state index contributed by atoms with van der Waals surface area (Å²) in [4.78, 5) is 24.4. The molecular formula is C14H16FNO5. The minimum absolute atomic E-state index is 0.0632. The summed E-state index contributed by atoms with van der Waals surface area (Å²) in [5, 5.41) is 8.75. The van der Waals surface area contributed by atoms with Crippen LogP contribution >= 0.6 is 0 Å². The summed E-state index contributed by atoms with van der Waals surface area (Å²) in [6, 6.07) is 4.01. The van der Waals surface area contributed by atoms with Crippen molar-refractivity contribution in [2.24, 2.45) is 0 Å². The van der Waals surface area contributed by atoms with E-state index in [0.717, 1.165) is 6.07 Å². The lowest BCUT2D eigenvalue weighted by Gasteiger charge is -2.32. The summed E-state index contributed by atoms with van der Waals surface area (Å²) in [5.41, 5.74) is -0.0632. The van der Waals surface area contributed by atoms with Crippen molar-refractivity contribution < 1.29 is 28.6 Å². The molecule has 0 aliphatic carbocycles. The lowest BCUT2D eigenvalue weighted by molar-refractivity contribution is -0.141. The Hall–Kier alpha value is -2.15. The van der Waals surface area contributed by atoms with Gasteiger partial charge >= 0.3 is 5.97 Å². The van der Waals surface area contributed by atoms with E-state index >= 15 is 0 Å². The molecule has 1 aliphatic rings. The van der Waals surface area contributed by atoms with E-state index in [4.69, 9.17) is 14.6 Å². The average molecular weight is 297 g/mol. The van der Waals surface area contributed by atoms with Gasteiger partial charge in [-0.25, -0.2) is 4.39 Å². The molecule has 0 saturated carbocycles. The van der Waals surface area contributed by atoms with Crippen LogP contribution in [0.25, 0.3) is 0 Å². The van der Waals surface area contributed by atoms with E-state index in [1.165, 1.54) is 24.1 Å². The van der Waals surface area contributed by atoms with Gasteiger partial charge in [-0.2, -0.15) is 0 Å². The third-order valence-corrected chi connectivity index (χ3v) is 3.23. The number of carboxylic acids is 1. The predicted molar refractivity (Wildman–Crippen MR) is 70.8 cm³/mol. The van der Waals surface area contributed by atoms with Crippen LogP contribution in [0.4, 0.5) is 4.39 Å². The van der Waals surface area contributed by atoms with E-state index in [1.807, 2.05) is 0 Å². The fourth-order valence-electron chi connectivity index (χ4n) is 2.19. The first kappa shape index (κ1) is 15.2. The van der Waals surface area contributed by atoms with Crippen molar-refractivity contribution in [3.05, 3.63) is 29.6 Å². The molecule has 1 fully saturated rings. The largest absolute Gasteiger partial charge is 0.497 e. The first-order valence-corrected chi connectivity index (χ1v) is 6.47. The fourth-order valence-corrected chi connectivity index (χ4v) is 2.19. The fraction of sp³-hybridized carbons (Fsp3) is 0.429. The molecule has 1 heterocycles. The van der Waals surface area contributed by atoms with Crippen molar-refractivity contribution in [2.75, 3.05) is 26.8 Å². The van der Waals surface area contributed by atoms with E-state index in [0.29, 0.717) is 12.3 Å². The standard InChI is InChI=1S/C14H16FNO5/c1-20-9-2-3-11(12(15)6-9)14(19)16-4-5-21-10(8-16)7-13(17)18/h2-3,6,10H,4-5,7-8H2,1H3,(H,17,18). The van der Waals surface area contributed by atoms with Gasteiger partial charge in [-0.15, -0.1) is 0 Å². The molecule has 1 N–H and O–H groups in total. The maximum Gasteiger partial charge on any atom is 0.306 e. The minimum Gasteiger partial charge on any atom is -0.497 e. The molecular weight excluding hydrogens is 281 g/mol. The number of nitrogens with zero attached hydrogens (tertiary/aromatic N) is 1. The van der Waals surface area contributed by atoms with Crippen LogP contribution in [0.2, 0.25) is 0 Å². The maximum absolute atomic E-state index is 13.9. The Kier molecular flexibility index (Phi) is 4.74. The van der Waals surface area contributed by atoms with Gasteiger partial charge in [0.05, 0.1) is 31.8 Å². The van der Waals surface area contributed by atoms with Gasteiger partial charge in [0.1, 0.15) is 11.6 Å². The number of hydrogen-bond acceptors (Lipinski definition) is 4. The first-order chi connectivity index (χ1) is 10.0. The predicted octanol–water partition coefficient (Wildman–Crippen LogP) is 1.15. The van der Waals surface area contributed by atoms with Gasteiger partial charge in [0, 0.05) is 19.2 Å². The molecule has 6 nitrogen and oxygen atoms in total. The Morgan fingerprint density at radius 2 is 2.29 bits per heavy atom. The van der Waals surface area contributed by atoms with Gasteiger partial charge in [0.25, 0.3) is 5.91 Å². The molecule has 1 amide bonds. The second kappa shape index (κ2) is 6.53. The number of rotatable bonds is 4.